The zero-order chi connectivity index (χ0) is 25.1. The summed E-state index contributed by atoms with van der Waals surface area (Å²) in [6, 6.07) is 16.9. The maximum absolute atomic E-state index is 13.1. The first-order valence-corrected chi connectivity index (χ1v) is 11.1. The molecule has 0 atom stereocenters. The number of carbonyl (C=O) groups excluding carboxylic acids is 1. The predicted molar refractivity (Wildman–Crippen MR) is 135 cm³/mol. The molecule has 0 radical (unpaired) electrons. The second-order valence-corrected chi connectivity index (χ2v) is 8.68. The van der Waals surface area contributed by atoms with E-state index in [2.05, 4.69) is 0 Å². The minimum absolute atomic E-state index is 0.0944. The first-order chi connectivity index (χ1) is 16.8. The molecule has 1 saturated heterocycles. The topological polar surface area (TPSA) is 125 Å². The average Bonchev–Trinajstić information content (AvgIpc) is 3.12. The van der Waals surface area contributed by atoms with Crippen LogP contribution in [0.3, 0.4) is 0 Å². The van der Waals surface area contributed by atoms with Crippen molar-refractivity contribution in [2.24, 2.45) is 0 Å². The Balaban J connectivity index is 1.75. The number of methoxy groups -OCH3 is 1. The lowest BCUT2D eigenvalue weighted by molar-refractivity contribution is -0.394. The highest BCUT2D eigenvalue weighted by atomic mass is 32.2. The first kappa shape index (κ1) is 23.9. The van der Waals surface area contributed by atoms with Gasteiger partial charge >= 0.3 is 5.69 Å². The van der Waals surface area contributed by atoms with Crippen molar-refractivity contribution in [3.63, 3.8) is 0 Å². The number of thioether (sulfide) groups is 1. The summed E-state index contributed by atoms with van der Waals surface area (Å²) in [5.74, 6) is -0.222. The molecule has 35 heavy (non-hydrogen) atoms. The van der Waals surface area contributed by atoms with Crippen molar-refractivity contribution in [1.82, 2.24) is 0 Å². The van der Waals surface area contributed by atoms with E-state index in [0.717, 1.165) is 30.0 Å². The largest absolute Gasteiger partial charge is 0.493 e. The average molecular weight is 510 g/mol. The van der Waals surface area contributed by atoms with Gasteiger partial charge in [-0.25, -0.2) is 0 Å². The molecule has 0 unspecified atom stereocenters. The lowest BCUT2D eigenvalue weighted by Gasteiger charge is -2.14. The molecule has 1 aliphatic rings. The van der Waals surface area contributed by atoms with E-state index in [9.17, 15) is 25.0 Å². The van der Waals surface area contributed by atoms with Gasteiger partial charge in [-0.3, -0.25) is 29.9 Å². The van der Waals surface area contributed by atoms with E-state index in [4.69, 9.17) is 21.7 Å². The van der Waals surface area contributed by atoms with E-state index < -0.39 is 21.2 Å². The Bertz CT molecular complexity index is 1390. The number of ether oxygens (including phenoxy) is 2. The predicted octanol–water partition coefficient (Wildman–Crippen LogP) is 5.71. The van der Waals surface area contributed by atoms with Crippen molar-refractivity contribution in [3.8, 4) is 17.2 Å². The van der Waals surface area contributed by atoms with E-state index in [0.29, 0.717) is 20.5 Å². The van der Waals surface area contributed by atoms with Crippen LogP contribution in [-0.4, -0.2) is 27.2 Å². The third-order valence-electron chi connectivity index (χ3n) is 4.89. The number of benzene rings is 3. The van der Waals surface area contributed by atoms with Crippen LogP contribution >= 0.6 is 24.0 Å². The molecule has 4 rings (SSSR count). The van der Waals surface area contributed by atoms with Crippen LogP contribution in [0.25, 0.3) is 6.08 Å². The second-order valence-electron chi connectivity index (χ2n) is 7.00. The molecular weight excluding hydrogens is 494 g/mol. The molecule has 0 spiro atoms. The van der Waals surface area contributed by atoms with Gasteiger partial charge < -0.3 is 9.47 Å². The number of thiocarbonyl (C=S) groups is 1. The summed E-state index contributed by atoms with van der Waals surface area (Å²) >= 11 is 6.50. The van der Waals surface area contributed by atoms with Crippen LogP contribution in [-0.2, 0) is 4.79 Å². The maximum Gasteiger partial charge on any atom is 0.318 e. The molecule has 10 nitrogen and oxygen atoms in total. The highest BCUT2D eigenvalue weighted by molar-refractivity contribution is 8.27. The lowest BCUT2D eigenvalue weighted by atomic mass is 10.1. The number of hydrogen-bond donors (Lipinski definition) is 0. The summed E-state index contributed by atoms with van der Waals surface area (Å²) in [5.41, 5.74) is -0.0204. The van der Waals surface area contributed by atoms with Gasteiger partial charge in [-0.2, -0.15) is 0 Å². The SMILES string of the molecule is COc1cccc(/C=C2/SC(=S)N(c3ccccc3)C2=O)c1Oc1ccc([N+](=O)[O-])cc1[N+](=O)[O-]. The fourth-order valence-corrected chi connectivity index (χ4v) is 4.57. The van der Waals surface area contributed by atoms with E-state index in [1.54, 1.807) is 48.5 Å². The number of nitro benzene ring substituents is 2. The van der Waals surface area contributed by atoms with Gasteiger partial charge in [-0.05, 0) is 30.3 Å². The maximum atomic E-state index is 13.1. The molecule has 12 heteroatoms. The molecule has 1 fully saturated rings. The van der Waals surface area contributed by atoms with Crippen molar-refractivity contribution in [1.29, 1.82) is 0 Å². The van der Waals surface area contributed by atoms with Crippen LogP contribution in [0.5, 0.6) is 17.2 Å². The number of para-hydroxylation sites is 2. The van der Waals surface area contributed by atoms with Gasteiger partial charge in [0.25, 0.3) is 11.6 Å². The van der Waals surface area contributed by atoms with E-state index in [-0.39, 0.29) is 23.2 Å². The zero-order valence-electron chi connectivity index (χ0n) is 17.9. The molecule has 0 N–H and O–H groups in total. The Labute approximate surface area is 208 Å². The van der Waals surface area contributed by atoms with Crippen molar-refractivity contribution >= 4 is 57.3 Å². The summed E-state index contributed by atoms with van der Waals surface area (Å²) in [7, 11) is 1.39. The van der Waals surface area contributed by atoms with E-state index >= 15 is 0 Å². The summed E-state index contributed by atoms with van der Waals surface area (Å²) in [6.07, 6.45) is 1.55. The fourth-order valence-electron chi connectivity index (χ4n) is 3.28. The summed E-state index contributed by atoms with van der Waals surface area (Å²) in [4.78, 5) is 35.9. The van der Waals surface area contributed by atoms with Gasteiger partial charge in [-0.1, -0.05) is 54.3 Å². The number of anilines is 1. The molecule has 1 aliphatic heterocycles. The third kappa shape index (κ3) is 4.83. The van der Waals surface area contributed by atoms with Crippen LogP contribution in [0.15, 0.2) is 71.6 Å². The minimum atomic E-state index is -0.775. The first-order valence-electron chi connectivity index (χ1n) is 9.91. The molecule has 0 bridgehead atoms. The van der Waals surface area contributed by atoms with Gasteiger partial charge in [0.2, 0.25) is 5.75 Å². The molecule has 0 saturated carbocycles. The normalized spacial score (nSPS) is 14.3. The number of carbonyl (C=O) groups is 1. The summed E-state index contributed by atoms with van der Waals surface area (Å²) < 4.78 is 11.6. The molecule has 3 aromatic carbocycles. The van der Waals surface area contributed by atoms with Crippen LogP contribution < -0.4 is 14.4 Å². The minimum Gasteiger partial charge on any atom is -0.493 e. The number of nitrogens with zero attached hydrogens (tertiary/aromatic N) is 3. The Morgan fingerprint density at radius 2 is 1.71 bits per heavy atom. The number of nitro groups is 2. The van der Waals surface area contributed by atoms with Crippen LogP contribution in [0.2, 0.25) is 0 Å². The van der Waals surface area contributed by atoms with Gasteiger partial charge in [0.1, 0.15) is 0 Å². The van der Waals surface area contributed by atoms with Crippen LogP contribution in [0.4, 0.5) is 17.1 Å². The lowest BCUT2D eigenvalue weighted by Crippen LogP contribution is -2.27. The van der Waals surface area contributed by atoms with Crippen molar-refractivity contribution in [3.05, 3.63) is 97.4 Å². The molecule has 1 amide bonds. The quantitative estimate of drug-likeness (QED) is 0.170. The smallest absolute Gasteiger partial charge is 0.318 e. The van der Waals surface area contributed by atoms with Gasteiger partial charge in [-0.15, -0.1) is 0 Å². The molecular formula is C23H15N3O7S2. The summed E-state index contributed by atoms with van der Waals surface area (Å²) in [6.45, 7) is 0. The second kappa shape index (κ2) is 9.91. The third-order valence-corrected chi connectivity index (χ3v) is 6.19. The highest BCUT2D eigenvalue weighted by Gasteiger charge is 2.33. The molecule has 3 aromatic rings. The molecule has 0 aliphatic carbocycles. The van der Waals surface area contributed by atoms with Gasteiger partial charge in [0.05, 0.1) is 33.6 Å². The molecule has 1 heterocycles. The van der Waals surface area contributed by atoms with Crippen LogP contribution in [0.1, 0.15) is 5.56 Å². The van der Waals surface area contributed by atoms with Gasteiger partial charge in [0, 0.05) is 11.6 Å². The zero-order valence-corrected chi connectivity index (χ0v) is 19.6. The van der Waals surface area contributed by atoms with Crippen molar-refractivity contribution in [2.45, 2.75) is 0 Å². The Kier molecular flexibility index (Phi) is 6.75. The number of hydrogen-bond acceptors (Lipinski definition) is 9. The Morgan fingerprint density at radius 3 is 2.37 bits per heavy atom. The fraction of sp³-hybridized carbons (Fsp3) is 0.0435. The molecule has 0 aromatic heterocycles. The Morgan fingerprint density at radius 1 is 0.971 bits per heavy atom. The molecule has 176 valence electrons. The van der Waals surface area contributed by atoms with Crippen LogP contribution in [0, 0.1) is 20.2 Å². The van der Waals surface area contributed by atoms with Crippen molar-refractivity contribution < 1.29 is 24.1 Å². The monoisotopic (exact) mass is 509 g/mol. The standard InChI is InChI=1S/C23H15N3O7S2/c1-32-19-9-5-6-14(12-20-22(27)24(23(34)35-20)15-7-3-2-4-8-15)21(19)33-18-11-10-16(25(28)29)13-17(18)26(30)31/h2-13H,1H3/b20-12+. The van der Waals surface area contributed by atoms with E-state index in [1.165, 1.54) is 12.0 Å². The van der Waals surface area contributed by atoms with Crippen molar-refractivity contribution in [2.75, 3.05) is 12.0 Å². The number of amides is 1. The number of non-ortho nitro benzene ring substituents is 1. The summed E-state index contributed by atoms with van der Waals surface area (Å²) in [5, 5.41) is 22.6. The highest BCUT2D eigenvalue weighted by Crippen LogP contribution is 2.43. The number of rotatable bonds is 7. The van der Waals surface area contributed by atoms with Gasteiger partial charge in [0.15, 0.2) is 15.8 Å². The van der Waals surface area contributed by atoms with E-state index in [1.807, 2.05) is 6.07 Å². The Hall–Kier alpha value is -4.29.